The van der Waals surface area contributed by atoms with Crippen LogP contribution in [-0.2, 0) is 0 Å². The summed E-state index contributed by atoms with van der Waals surface area (Å²) in [5.74, 6) is 0.544. The molecule has 0 unspecified atom stereocenters. The Balaban J connectivity index is 1.57. The van der Waals surface area contributed by atoms with Gasteiger partial charge in [-0.25, -0.2) is 9.97 Å². The third-order valence-electron chi connectivity index (χ3n) is 9.09. The Morgan fingerprint density at radius 1 is 0.833 bits per heavy atom. The molecular formula is C32H25N3O. The van der Waals surface area contributed by atoms with Crippen LogP contribution in [0.2, 0.25) is 0 Å². The van der Waals surface area contributed by atoms with Crippen molar-refractivity contribution in [3.05, 3.63) is 66.5 Å². The molecule has 9 rings (SSSR count). The van der Waals surface area contributed by atoms with E-state index in [1.807, 2.05) is 0 Å². The summed E-state index contributed by atoms with van der Waals surface area (Å²) in [5, 5.41) is 7.26. The van der Waals surface area contributed by atoms with E-state index in [0.717, 1.165) is 38.5 Å². The van der Waals surface area contributed by atoms with Gasteiger partial charge in [0.15, 0.2) is 11.2 Å². The molecule has 0 amide bonds. The molecule has 4 aromatic heterocycles. The first-order chi connectivity index (χ1) is 17.6. The minimum absolute atomic E-state index is 0.431. The van der Waals surface area contributed by atoms with Gasteiger partial charge in [0.1, 0.15) is 6.33 Å². The molecule has 0 radical (unpaired) electrons. The van der Waals surface area contributed by atoms with Crippen LogP contribution in [0.1, 0.15) is 51.0 Å². The summed E-state index contributed by atoms with van der Waals surface area (Å²) in [5.41, 5.74) is 9.39. The van der Waals surface area contributed by atoms with Crippen molar-refractivity contribution in [3.8, 4) is 0 Å². The van der Waals surface area contributed by atoms with E-state index in [2.05, 4.69) is 72.8 Å². The van der Waals surface area contributed by atoms with Gasteiger partial charge in [0, 0.05) is 21.5 Å². The highest BCUT2D eigenvalue weighted by atomic mass is 16.3. The highest BCUT2D eigenvalue weighted by Crippen LogP contribution is 2.50. The number of pyridine rings is 1. The molecule has 0 aliphatic heterocycles. The van der Waals surface area contributed by atoms with Crippen molar-refractivity contribution in [3.63, 3.8) is 0 Å². The summed E-state index contributed by atoms with van der Waals surface area (Å²) in [7, 11) is 0. The van der Waals surface area contributed by atoms with E-state index < -0.39 is 0 Å². The summed E-state index contributed by atoms with van der Waals surface area (Å²) in [6, 6.07) is 19.7. The Morgan fingerprint density at radius 2 is 1.67 bits per heavy atom. The van der Waals surface area contributed by atoms with Crippen LogP contribution in [0.5, 0.6) is 0 Å². The van der Waals surface area contributed by atoms with Gasteiger partial charge in [0.25, 0.3) is 0 Å². The molecule has 1 fully saturated rings. The van der Waals surface area contributed by atoms with Crippen molar-refractivity contribution in [2.75, 3.05) is 0 Å². The molecule has 0 spiro atoms. The number of aromatic nitrogens is 3. The van der Waals surface area contributed by atoms with E-state index in [1.165, 1.54) is 63.8 Å². The van der Waals surface area contributed by atoms with Crippen molar-refractivity contribution >= 4 is 71.1 Å². The summed E-state index contributed by atoms with van der Waals surface area (Å²) < 4.78 is 9.23. The van der Waals surface area contributed by atoms with Gasteiger partial charge in [0.2, 0.25) is 0 Å². The Labute approximate surface area is 207 Å². The first-order valence-corrected chi connectivity index (χ1v) is 13.1. The predicted octanol–water partition coefficient (Wildman–Crippen LogP) is 8.80. The Morgan fingerprint density at radius 3 is 2.56 bits per heavy atom. The van der Waals surface area contributed by atoms with E-state index in [0.29, 0.717) is 11.3 Å². The fraction of sp³-hybridized carbons (Fsp3) is 0.250. The standard InChI is InChI=1S/C32H25N3O/c1-32(2)12-10-17(11-13-32)21-15-23-26-27(34-16-33-23)22-14-18-6-3-4-7-19(18)31-29(22)35-28-20(25(21)30(26)35)8-5-9-24(28)36-31/h3-9,14-17H,10-13H2,1-2H3. The van der Waals surface area contributed by atoms with Gasteiger partial charge in [-0.1, -0.05) is 50.2 Å². The molecule has 1 aliphatic rings. The van der Waals surface area contributed by atoms with E-state index in [4.69, 9.17) is 14.4 Å². The number of hydrogen-bond acceptors (Lipinski definition) is 3. The molecule has 4 aromatic carbocycles. The van der Waals surface area contributed by atoms with E-state index in [1.54, 1.807) is 6.33 Å². The molecule has 0 bridgehead atoms. The summed E-state index contributed by atoms with van der Waals surface area (Å²) in [6.07, 6.45) is 6.71. The van der Waals surface area contributed by atoms with Crippen LogP contribution >= 0.6 is 0 Å². The number of para-hydroxylation sites is 1. The number of benzene rings is 4. The zero-order valence-corrected chi connectivity index (χ0v) is 20.4. The number of fused-ring (bicyclic) bond motifs is 4. The molecule has 0 N–H and O–H groups in total. The molecule has 4 heterocycles. The summed E-state index contributed by atoms with van der Waals surface area (Å²) in [4.78, 5) is 9.72. The van der Waals surface area contributed by atoms with Crippen LogP contribution in [0.3, 0.4) is 0 Å². The van der Waals surface area contributed by atoms with Crippen LogP contribution in [0, 0.1) is 5.41 Å². The number of hydrogen-bond donors (Lipinski definition) is 0. The maximum atomic E-state index is 6.75. The molecule has 0 saturated heterocycles. The topological polar surface area (TPSA) is 43.3 Å². The van der Waals surface area contributed by atoms with Gasteiger partial charge in [-0.3, -0.25) is 0 Å². The summed E-state index contributed by atoms with van der Waals surface area (Å²) >= 11 is 0. The van der Waals surface area contributed by atoms with Gasteiger partial charge in [-0.15, -0.1) is 0 Å². The van der Waals surface area contributed by atoms with Crippen LogP contribution in [0.25, 0.3) is 71.1 Å². The lowest BCUT2D eigenvalue weighted by Crippen LogP contribution is -2.20. The average molecular weight is 468 g/mol. The zero-order chi connectivity index (χ0) is 23.8. The smallest absolute Gasteiger partial charge is 0.160 e. The van der Waals surface area contributed by atoms with Gasteiger partial charge < -0.3 is 8.82 Å². The minimum atomic E-state index is 0.431. The molecule has 1 saturated carbocycles. The molecule has 0 atom stereocenters. The third kappa shape index (κ3) is 2.22. The fourth-order valence-corrected chi connectivity index (χ4v) is 7.26. The first kappa shape index (κ1) is 19.3. The Kier molecular flexibility index (Phi) is 3.35. The Bertz CT molecular complexity index is 2130. The molecule has 1 aliphatic carbocycles. The predicted molar refractivity (Wildman–Crippen MR) is 148 cm³/mol. The number of nitrogens with zero attached hydrogens (tertiary/aromatic N) is 3. The molecule has 4 heteroatoms. The highest BCUT2D eigenvalue weighted by Gasteiger charge is 2.32. The van der Waals surface area contributed by atoms with Crippen molar-refractivity contribution in [2.24, 2.45) is 5.41 Å². The summed E-state index contributed by atoms with van der Waals surface area (Å²) in [6.45, 7) is 4.83. The van der Waals surface area contributed by atoms with E-state index in [-0.39, 0.29) is 0 Å². The fourth-order valence-electron chi connectivity index (χ4n) is 7.26. The number of rotatable bonds is 1. The maximum Gasteiger partial charge on any atom is 0.160 e. The van der Waals surface area contributed by atoms with Crippen molar-refractivity contribution in [1.82, 2.24) is 14.4 Å². The van der Waals surface area contributed by atoms with Crippen LogP contribution < -0.4 is 0 Å². The normalized spacial score (nSPS) is 17.4. The van der Waals surface area contributed by atoms with Gasteiger partial charge in [-0.2, -0.15) is 0 Å². The van der Waals surface area contributed by atoms with Gasteiger partial charge >= 0.3 is 0 Å². The largest absolute Gasteiger partial charge is 0.452 e. The molecule has 36 heavy (non-hydrogen) atoms. The van der Waals surface area contributed by atoms with Gasteiger partial charge in [0.05, 0.1) is 33.0 Å². The van der Waals surface area contributed by atoms with Crippen molar-refractivity contribution in [2.45, 2.75) is 45.4 Å². The highest BCUT2D eigenvalue weighted by molar-refractivity contribution is 6.32. The van der Waals surface area contributed by atoms with Crippen LogP contribution in [0.15, 0.2) is 65.3 Å². The average Bonchev–Trinajstić information content (AvgIpc) is 3.25. The lowest BCUT2D eigenvalue weighted by atomic mass is 9.70. The van der Waals surface area contributed by atoms with E-state index in [9.17, 15) is 0 Å². The Hall–Kier alpha value is -3.92. The SMILES string of the molecule is CC1(C)CCC(c2cc3ncnc4c5cc6ccccc6c6oc7cccc8c2c(c34)n(c78)c56)CC1. The van der Waals surface area contributed by atoms with Crippen molar-refractivity contribution in [1.29, 1.82) is 0 Å². The second-order valence-corrected chi connectivity index (χ2v) is 11.7. The van der Waals surface area contributed by atoms with Crippen molar-refractivity contribution < 1.29 is 4.42 Å². The first-order valence-electron chi connectivity index (χ1n) is 13.1. The van der Waals surface area contributed by atoms with Crippen LogP contribution in [-0.4, -0.2) is 14.4 Å². The van der Waals surface area contributed by atoms with Crippen LogP contribution in [0.4, 0.5) is 0 Å². The zero-order valence-electron chi connectivity index (χ0n) is 20.4. The lowest BCUT2D eigenvalue weighted by Gasteiger charge is -2.35. The second-order valence-electron chi connectivity index (χ2n) is 11.7. The molecule has 8 aromatic rings. The monoisotopic (exact) mass is 467 g/mol. The molecule has 174 valence electrons. The quantitative estimate of drug-likeness (QED) is 0.179. The van der Waals surface area contributed by atoms with Gasteiger partial charge in [-0.05, 0) is 66.2 Å². The maximum absolute atomic E-state index is 6.75. The second kappa shape index (κ2) is 6.25. The molecular weight excluding hydrogens is 442 g/mol. The molecule has 4 nitrogen and oxygen atoms in total. The minimum Gasteiger partial charge on any atom is -0.452 e. The lowest BCUT2D eigenvalue weighted by molar-refractivity contribution is 0.225. The van der Waals surface area contributed by atoms with E-state index >= 15 is 0 Å². The third-order valence-corrected chi connectivity index (χ3v) is 9.09.